The van der Waals surface area contributed by atoms with E-state index in [1.54, 1.807) is 36.0 Å². The minimum absolute atomic E-state index is 0.0392. The lowest BCUT2D eigenvalue weighted by molar-refractivity contribution is -0.128. The SMILES string of the molecule is C=CC(=O)N1CC2CCN(C)c3c(F)c(-c4c(O)ccc(F)c4F)nc4c3c(nc(=O)n4-c3c(C)ccnc3C(C)C)N2CC1C. The first-order chi connectivity index (χ1) is 21.8. The van der Waals surface area contributed by atoms with E-state index in [0.717, 1.165) is 12.1 Å². The number of hydrogen-bond donors (Lipinski definition) is 1. The largest absolute Gasteiger partial charge is 0.507 e. The Morgan fingerprint density at radius 1 is 1.11 bits per heavy atom. The topological polar surface area (TPSA) is 108 Å². The fourth-order valence-corrected chi connectivity index (χ4v) is 6.60. The third-order valence-electron chi connectivity index (χ3n) is 8.91. The maximum atomic E-state index is 16.9. The zero-order valence-corrected chi connectivity index (χ0v) is 26.2. The molecule has 1 amide bonds. The van der Waals surface area contributed by atoms with Crippen molar-refractivity contribution in [3.05, 3.63) is 76.2 Å². The Kier molecular flexibility index (Phi) is 7.73. The molecular weight excluding hydrogens is 599 g/mol. The molecule has 1 saturated heterocycles. The van der Waals surface area contributed by atoms with Gasteiger partial charge in [-0.15, -0.1) is 0 Å². The highest BCUT2D eigenvalue weighted by molar-refractivity contribution is 6.02. The van der Waals surface area contributed by atoms with E-state index in [-0.39, 0.29) is 53.0 Å². The summed E-state index contributed by atoms with van der Waals surface area (Å²) in [4.78, 5) is 45.8. The van der Waals surface area contributed by atoms with E-state index in [4.69, 9.17) is 0 Å². The van der Waals surface area contributed by atoms with Crippen LogP contribution in [0.25, 0.3) is 28.0 Å². The average molecular weight is 634 g/mol. The summed E-state index contributed by atoms with van der Waals surface area (Å²) in [6, 6.07) is 2.79. The van der Waals surface area contributed by atoms with Gasteiger partial charge in [0.2, 0.25) is 5.91 Å². The quantitative estimate of drug-likeness (QED) is 0.319. The second-order valence-corrected chi connectivity index (χ2v) is 12.2. The summed E-state index contributed by atoms with van der Waals surface area (Å²) in [7, 11) is 1.64. The molecule has 2 aliphatic rings. The highest BCUT2D eigenvalue weighted by Crippen LogP contribution is 2.44. The van der Waals surface area contributed by atoms with E-state index in [2.05, 4.69) is 21.5 Å². The van der Waals surface area contributed by atoms with Crippen LogP contribution in [0.5, 0.6) is 5.75 Å². The van der Waals surface area contributed by atoms with Crippen LogP contribution >= 0.6 is 0 Å². The number of aromatic hydroxyl groups is 1. The van der Waals surface area contributed by atoms with Gasteiger partial charge in [0, 0.05) is 45.0 Å². The molecule has 1 aromatic carbocycles. The Morgan fingerprint density at radius 3 is 2.54 bits per heavy atom. The number of carbonyl (C=O) groups excluding carboxylic acids is 1. The molecule has 0 saturated carbocycles. The van der Waals surface area contributed by atoms with Gasteiger partial charge >= 0.3 is 5.69 Å². The maximum Gasteiger partial charge on any atom is 0.355 e. The number of pyridine rings is 2. The average Bonchev–Trinajstić information content (AvgIpc) is 3.01. The summed E-state index contributed by atoms with van der Waals surface area (Å²) in [6.07, 6.45) is 3.33. The maximum absolute atomic E-state index is 16.9. The molecule has 0 aliphatic carbocycles. The zero-order chi connectivity index (χ0) is 33.2. The molecule has 0 bridgehead atoms. The minimum atomic E-state index is -1.48. The predicted molar refractivity (Wildman–Crippen MR) is 169 cm³/mol. The second-order valence-electron chi connectivity index (χ2n) is 12.2. The fourth-order valence-electron chi connectivity index (χ4n) is 6.60. The number of rotatable bonds is 4. The van der Waals surface area contributed by atoms with Crippen LogP contribution < -0.4 is 15.5 Å². The molecule has 13 heteroatoms. The van der Waals surface area contributed by atoms with E-state index in [1.165, 1.54) is 10.6 Å². The van der Waals surface area contributed by atoms with Crippen LogP contribution in [0.1, 0.15) is 44.4 Å². The first kappa shape index (κ1) is 31.1. The Hall–Kier alpha value is -4.94. The number of hydrogen-bond acceptors (Lipinski definition) is 8. The van der Waals surface area contributed by atoms with Gasteiger partial charge in [-0.05, 0) is 56.0 Å². The number of benzene rings is 1. The number of halogens is 3. The molecule has 2 aliphatic heterocycles. The molecule has 10 nitrogen and oxygen atoms in total. The number of phenols is 1. The van der Waals surface area contributed by atoms with Crippen molar-refractivity contribution < 1.29 is 23.1 Å². The van der Waals surface area contributed by atoms with Crippen LogP contribution in [-0.2, 0) is 4.79 Å². The Balaban J connectivity index is 1.77. The molecular formula is C33H34F3N7O3. The summed E-state index contributed by atoms with van der Waals surface area (Å²) in [5, 5.41) is 10.9. The number of aromatic nitrogens is 4. The van der Waals surface area contributed by atoms with Gasteiger partial charge in [0.1, 0.15) is 17.3 Å². The monoisotopic (exact) mass is 633 g/mol. The van der Waals surface area contributed by atoms with Crippen LogP contribution in [-0.4, -0.2) is 74.2 Å². The van der Waals surface area contributed by atoms with Gasteiger partial charge in [-0.2, -0.15) is 4.98 Å². The molecule has 0 radical (unpaired) electrons. The van der Waals surface area contributed by atoms with Crippen molar-refractivity contribution in [3.63, 3.8) is 0 Å². The van der Waals surface area contributed by atoms with Crippen molar-refractivity contribution in [3.8, 4) is 22.7 Å². The van der Waals surface area contributed by atoms with Crippen molar-refractivity contribution in [1.29, 1.82) is 0 Å². The number of nitrogens with zero attached hydrogens (tertiary/aromatic N) is 7. The molecule has 2 unspecified atom stereocenters. The summed E-state index contributed by atoms with van der Waals surface area (Å²) >= 11 is 0. The third-order valence-corrected chi connectivity index (χ3v) is 8.91. The minimum Gasteiger partial charge on any atom is -0.507 e. The Morgan fingerprint density at radius 2 is 1.85 bits per heavy atom. The normalized spacial score (nSPS) is 18.1. The second kappa shape index (κ2) is 11.5. The molecule has 4 aromatic rings. The smallest absolute Gasteiger partial charge is 0.355 e. The number of amides is 1. The van der Waals surface area contributed by atoms with Gasteiger partial charge < -0.3 is 19.8 Å². The van der Waals surface area contributed by atoms with E-state index < -0.39 is 40.1 Å². The first-order valence-corrected chi connectivity index (χ1v) is 15.1. The van der Waals surface area contributed by atoms with E-state index in [9.17, 15) is 19.1 Å². The number of piperazine rings is 1. The first-order valence-electron chi connectivity index (χ1n) is 15.1. The van der Waals surface area contributed by atoms with Crippen molar-refractivity contribution in [2.24, 2.45) is 0 Å². The molecule has 2 atom stereocenters. The summed E-state index contributed by atoms with van der Waals surface area (Å²) in [5.74, 6) is -4.72. The summed E-state index contributed by atoms with van der Waals surface area (Å²) < 4.78 is 48.0. The molecule has 6 rings (SSSR count). The van der Waals surface area contributed by atoms with Crippen LogP contribution in [0, 0.1) is 24.4 Å². The van der Waals surface area contributed by atoms with Crippen molar-refractivity contribution in [2.45, 2.75) is 52.1 Å². The number of anilines is 2. The standard InChI is InChI=1S/C33H34F3N7O3/c1-7-22(45)41-15-19-11-13-40(6)30-24-31(42(19)14-18(41)5)39-33(46)43(29-17(4)10-12-37-27(29)16(2)3)32(24)38-28(26(30)36)23-21(44)9-8-20(34)25(23)35/h7-10,12,16,18-19,44H,1,11,13-15H2,2-6H3. The van der Waals surface area contributed by atoms with Gasteiger partial charge in [0.05, 0.1) is 28.0 Å². The zero-order valence-electron chi connectivity index (χ0n) is 26.2. The van der Waals surface area contributed by atoms with E-state index >= 15 is 8.78 Å². The predicted octanol–water partition coefficient (Wildman–Crippen LogP) is 4.83. The molecule has 0 spiro atoms. The van der Waals surface area contributed by atoms with Gasteiger partial charge in [0.25, 0.3) is 0 Å². The van der Waals surface area contributed by atoms with Crippen LogP contribution in [0.15, 0.2) is 41.8 Å². The lowest BCUT2D eigenvalue weighted by Crippen LogP contribution is -2.60. The van der Waals surface area contributed by atoms with E-state index in [0.29, 0.717) is 36.5 Å². The van der Waals surface area contributed by atoms with Crippen LogP contribution in [0.4, 0.5) is 24.7 Å². The molecule has 3 aromatic heterocycles. The third kappa shape index (κ3) is 4.76. The van der Waals surface area contributed by atoms with Gasteiger partial charge in [-0.25, -0.2) is 27.5 Å². The van der Waals surface area contributed by atoms with E-state index in [1.807, 2.05) is 25.7 Å². The molecule has 5 heterocycles. The molecule has 1 fully saturated rings. The van der Waals surface area contributed by atoms with Gasteiger partial charge in [0.15, 0.2) is 23.1 Å². The van der Waals surface area contributed by atoms with Crippen molar-refractivity contribution >= 4 is 28.4 Å². The number of carbonyl (C=O) groups is 1. The molecule has 1 N–H and O–H groups in total. The van der Waals surface area contributed by atoms with Gasteiger partial charge in [-0.1, -0.05) is 20.4 Å². The fraction of sp³-hybridized carbons (Fsp3) is 0.364. The highest BCUT2D eigenvalue weighted by Gasteiger charge is 2.39. The van der Waals surface area contributed by atoms with Crippen LogP contribution in [0.3, 0.4) is 0 Å². The highest BCUT2D eigenvalue weighted by atomic mass is 19.2. The number of aryl methyl sites for hydroxylation is 1. The van der Waals surface area contributed by atoms with Crippen molar-refractivity contribution in [1.82, 2.24) is 24.4 Å². The lowest BCUT2D eigenvalue weighted by Gasteiger charge is -2.47. The number of phenolic OH excluding ortho intramolecular Hbond substituents is 1. The lowest BCUT2D eigenvalue weighted by atomic mass is 9.99. The molecule has 240 valence electrons. The summed E-state index contributed by atoms with van der Waals surface area (Å²) in [6.45, 7) is 12.0. The Labute approximate surface area is 263 Å². The Bertz CT molecular complexity index is 1980. The van der Waals surface area contributed by atoms with Crippen molar-refractivity contribution in [2.75, 3.05) is 36.5 Å². The number of fused-ring (bicyclic) bond motifs is 2. The molecule has 46 heavy (non-hydrogen) atoms. The van der Waals surface area contributed by atoms with Crippen LogP contribution in [0.2, 0.25) is 0 Å². The summed E-state index contributed by atoms with van der Waals surface area (Å²) in [5.41, 5.74) is -0.663. The van der Waals surface area contributed by atoms with Gasteiger partial charge in [-0.3, -0.25) is 9.78 Å².